The summed E-state index contributed by atoms with van der Waals surface area (Å²) in [6.07, 6.45) is 2.05. The number of thiophene rings is 1. The lowest BCUT2D eigenvalue weighted by Crippen LogP contribution is -2.49. The van der Waals surface area contributed by atoms with Crippen LogP contribution in [0.15, 0.2) is 64.5 Å². The van der Waals surface area contributed by atoms with Crippen molar-refractivity contribution in [1.82, 2.24) is 19.2 Å². The van der Waals surface area contributed by atoms with Gasteiger partial charge >= 0.3 is 0 Å². The van der Waals surface area contributed by atoms with E-state index in [1.54, 1.807) is 14.0 Å². The molecule has 1 aliphatic rings. The predicted molar refractivity (Wildman–Crippen MR) is 179 cm³/mol. The number of methoxy groups -OCH3 is 1. The second kappa shape index (κ2) is 14.0. The number of ether oxygens (including phenoxy) is 1. The molecule has 0 radical (unpaired) electrons. The summed E-state index contributed by atoms with van der Waals surface area (Å²) >= 11 is 1.17. The number of sulfonamides is 1. The predicted octanol–water partition coefficient (Wildman–Crippen LogP) is 3.63. The van der Waals surface area contributed by atoms with Crippen LogP contribution in [-0.4, -0.2) is 81.1 Å². The van der Waals surface area contributed by atoms with Crippen molar-refractivity contribution in [2.75, 3.05) is 62.7 Å². The van der Waals surface area contributed by atoms with Crippen LogP contribution in [0, 0.1) is 13.8 Å². The zero-order valence-corrected chi connectivity index (χ0v) is 27.8. The molecule has 2 aromatic carbocycles. The number of para-hydroxylation sites is 2. The standard InChI is InChI=1S/C32H40N6O5S2/c1-5-35(25-11-8-10-23(2)20-25)15-9-14-33-28(39)21-37-22-34-31-29(32(37)40)30(24(3)44-31)45(41,42)38-18-16-36(17-19-38)26-12-6-7-13-27(26)43-4/h6-8,10-13,20,22H,5,9,14-19,21H2,1-4H3,(H,33,39). The van der Waals surface area contributed by atoms with Crippen molar-refractivity contribution in [3.63, 3.8) is 0 Å². The van der Waals surface area contributed by atoms with Crippen LogP contribution >= 0.6 is 11.3 Å². The number of carbonyl (C=O) groups is 1. The van der Waals surface area contributed by atoms with Crippen LogP contribution in [0.2, 0.25) is 0 Å². The van der Waals surface area contributed by atoms with Crippen LogP contribution in [0.4, 0.5) is 11.4 Å². The van der Waals surface area contributed by atoms with Crippen molar-refractivity contribution < 1.29 is 17.9 Å². The van der Waals surface area contributed by atoms with Gasteiger partial charge < -0.3 is 19.9 Å². The molecule has 0 spiro atoms. The fourth-order valence-corrected chi connectivity index (χ4v) is 8.82. The molecule has 11 nitrogen and oxygen atoms in total. The molecule has 1 aliphatic heterocycles. The summed E-state index contributed by atoms with van der Waals surface area (Å²) in [5.41, 5.74) is 2.71. The highest BCUT2D eigenvalue weighted by Gasteiger charge is 2.34. The number of nitrogens with one attached hydrogen (secondary N) is 1. The van der Waals surface area contributed by atoms with E-state index >= 15 is 0 Å². The molecule has 2 aromatic heterocycles. The lowest BCUT2D eigenvalue weighted by molar-refractivity contribution is -0.121. The zero-order chi connectivity index (χ0) is 32.1. The minimum absolute atomic E-state index is 0.0173. The van der Waals surface area contributed by atoms with Crippen LogP contribution in [0.5, 0.6) is 5.75 Å². The third-order valence-corrected chi connectivity index (χ3v) is 11.3. The van der Waals surface area contributed by atoms with Gasteiger partial charge in [-0.1, -0.05) is 24.3 Å². The van der Waals surface area contributed by atoms with Crippen LogP contribution < -0.4 is 25.4 Å². The number of aromatic nitrogens is 2. The van der Waals surface area contributed by atoms with E-state index in [4.69, 9.17) is 4.74 Å². The number of aryl methyl sites for hydroxylation is 2. The van der Waals surface area contributed by atoms with Gasteiger partial charge in [0.2, 0.25) is 15.9 Å². The monoisotopic (exact) mass is 652 g/mol. The molecule has 1 fully saturated rings. The maximum absolute atomic E-state index is 13.9. The van der Waals surface area contributed by atoms with E-state index in [2.05, 4.69) is 52.1 Å². The molecule has 45 heavy (non-hydrogen) atoms. The topological polar surface area (TPSA) is 117 Å². The largest absolute Gasteiger partial charge is 0.495 e. The number of hydrogen-bond donors (Lipinski definition) is 1. The molecule has 0 atom stereocenters. The van der Waals surface area contributed by atoms with Gasteiger partial charge in [0.15, 0.2) is 0 Å². The average molecular weight is 653 g/mol. The summed E-state index contributed by atoms with van der Waals surface area (Å²) in [5, 5.41) is 2.92. The van der Waals surface area contributed by atoms with Crippen LogP contribution in [-0.2, 0) is 21.4 Å². The quantitative estimate of drug-likeness (QED) is 0.231. The molecule has 1 saturated heterocycles. The minimum Gasteiger partial charge on any atom is -0.495 e. The van der Waals surface area contributed by atoms with Crippen molar-refractivity contribution in [1.29, 1.82) is 0 Å². The van der Waals surface area contributed by atoms with E-state index in [0.717, 1.165) is 36.6 Å². The van der Waals surface area contributed by atoms with Gasteiger partial charge in [0.25, 0.3) is 5.56 Å². The van der Waals surface area contributed by atoms with Crippen molar-refractivity contribution in [3.05, 3.63) is 75.7 Å². The fraction of sp³-hybridized carbons (Fsp3) is 0.406. The molecule has 4 aromatic rings. The third-order valence-electron chi connectivity index (χ3n) is 8.05. The SMILES string of the molecule is CCN(CCCNC(=O)Cn1cnc2sc(C)c(S(=O)(=O)N3CCN(c4ccccc4OC)CC3)c2c1=O)c1cccc(C)c1. The number of fused-ring (bicyclic) bond motifs is 1. The third kappa shape index (κ3) is 7.00. The first kappa shape index (κ1) is 32.5. The second-order valence-corrected chi connectivity index (χ2v) is 14.1. The second-order valence-electron chi connectivity index (χ2n) is 11.0. The van der Waals surface area contributed by atoms with Crippen molar-refractivity contribution in [3.8, 4) is 5.75 Å². The van der Waals surface area contributed by atoms with E-state index in [1.165, 1.54) is 32.1 Å². The Morgan fingerprint density at radius 1 is 1.09 bits per heavy atom. The molecule has 3 heterocycles. The molecule has 0 unspecified atom stereocenters. The number of hydrogen-bond acceptors (Lipinski definition) is 9. The highest BCUT2D eigenvalue weighted by molar-refractivity contribution is 7.89. The molecule has 0 aliphatic carbocycles. The molecule has 0 saturated carbocycles. The molecule has 1 N–H and O–H groups in total. The van der Waals surface area contributed by atoms with E-state index in [0.29, 0.717) is 29.3 Å². The van der Waals surface area contributed by atoms with Gasteiger partial charge in [-0.3, -0.25) is 14.2 Å². The smallest absolute Gasteiger partial charge is 0.263 e. The van der Waals surface area contributed by atoms with Crippen LogP contribution in [0.25, 0.3) is 10.2 Å². The van der Waals surface area contributed by atoms with Crippen molar-refractivity contribution in [2.45, 2.75) is 38.6 Å². The van der Waals surface area contributed by atoms with Gasteiger partial charge in [-0.25, -0.2) is 13.4 Å². The lowest BCUT2D eigenvalue weighted by atomic mass is 10.2. The summed E-state index contributed by atoms with van der Waals surface area (Å²) in [7, 11) is -2.38. The van der Waals surface area contributed by atoms with Crippen LogP contribution in [0.1, 0.15) is 23.8 Å². The van der Waals surface area contributed by atoms with Crippen molar-refractivity contribution >= 4 is 48.9 Å². The normalized spacial score (nSPS) is 14.1. The van der Waals surface area contributed by atoms with Crippen molar-refractivity contribution in [2.24, 2.45) is 0 Å². The van der Waals surface area contributed by atoms with E-state index < -0.39 is 15.6 Å². The minimum atomic E-state index is -3.99. The number of piperazine rings is 1. The van der Waals surface area contributed by atoms with Gasteiger partial charge in [0.1, 0.15) is 22.0 Å². The lowest BCUT2D eigenvalue weighted by Gasteiger charge is -2.35. The summed E-state index contributed by atoms with van der Waals surface area (Å²) in [6, 6.07) is 16.0. The number of benzene rings is 2. The Morgan fingerprint density at radius 2 is 1.84 bits per heavy atom. The van der Waals surface area contributed by atoms with Gasteiger partial charge in [-0.15, -0.1) is 11.3 Å². The molecule has 240 valence electrons. The van der Waals surface area contributed by atoms with Gasteiger partial charge in [-0.05, 0) is 57.0 Å². The maximum Gasteiger partial charge on any atom is 0.263 e. The Labute approximate surface area is 268 Å². The first-order valence-corrected chi connectivity index (χ1v) is 17.3. The van der Waals surface area contributed by atoms with E-state index in [-0.39, 0.29) is 35.8 Å². The fourth-order valence-electron chi connectivity index (χ4n) is 5.73. The average Bonchev–Trinajstić information content (AvgIpc) is 3.40. The molecule has 1 amide bonds. The molecular formula is C32H40N6O5S2. The maximum atomic E-state index is 13.9. The number of carbonyl (C=O) groups excluding carboxylic acids is 1. The van der Waals surface area contributed by atoms with E-state index in [1.807, 2.05) is 30.3 Å². The van der Waals surface area contributed by atoms with Gasteiger partial charge in [-0.2, -0.15) is 4.31 Å². The first-order valence-electron chi connectivity index (χ1n) is 15.1. The molecule has 0 bridgehead atoms. The van der Waals surface area contributed by atoms with Crippen LogP contribution in [0.3, 0.4) is 0 Å². The summed E-state index contributed by atoms with van der Waals surface area (Å²) < 4.78 is 36.0. The number of amides is 1. The summed E-state index contributed by atoms with van der Waals surface area (Å²) in [6.45, 7) is 9.14. The molecule has 13 heteroatoms. The summed E-state index contributed by atoms with van der Waals surface area (Å²) in [4.78, 5) is 36.0. The first-order chi connectivity index (χ1) is 21.6. The Bertz CT molecular complexity index is 1830. The molecular weight excluding hydrogens is 613 g/mol. The number of anilines is 2. The number of nitrogens with zero attached hydrogens (tertiary/aromatic N) is 5. The summed E-state index contributed by atoms with van der Waals surface area (Å²) in [5.74, 6) is 0.398. The highest BCUT2D eigenvalue weighted by Crippen LogP contribution is 2.34. The zero-order valence-electron chi connectivity index (χ0n) is 26.2. The Kier molecular flexibility index (Phi) is 10.1. The van der Waals surface area contributed by atoms with Gasteiger partial charge in [0.05, 0.1) is 24.5 Å². The van der Waals surface area contributed by atoms with Gasteiger partial charge in [0, 0.05) is 56.4 Å². The highest BCUT2D eigenvalue weighted by atomic mass is 32.2. The van der Waals surface area contributed by atoms with E-state index in [9.17, 15) is 18.0 Å². The number of rotatable bonds is 12. The molecule has 5 rings (SSSR count). The Balaban J connectivity index is 1.25. The Hall–Kier alpha value is -3.94. The Morgan fingerprint density at radius 3 is 2.56 bits per heavy atom.